The fraction of sp³-hybridized carbons (Fsp3) is 0.263. The molecule has 158 valence electrons. The van der Waals surface area contributed by atoms with Gasteiger partial charge in [-0.3, -0.25) is 29.5 Å². The molecule has 0 atom stereocenters. The second-order valence-corrected chi connectivity index (χ2v) is 8.98. The van der Waals surface area contributed by atoms with E-state index in [4.69, 9.17) is 9.94 Å². The zero-order valence-electron chi connectivity index (χ0n) is 15.9. The quantitative estimate of drug-likeness (QED) is 0.380. The molecular weight excluding hydrogens is 414 g/mol. The predicted octanol–water partition coefficient (Wildman–Crippen LogP) is 0.457. The first kappa shape index (κ1) is 21.4. The molecule has 1 saturated heterocycles. The van der Waals surface area contributed by atoms with Crippen LogP contribution in [0.4, 0.5) is 0 Å². The highest BCUT2D eigenvalue weighted by atomic mass is 32.2. The third kappa shape index (κ3) is 3.76. The summed E-state index contributed by atoms with van der Waals surface area (Å²) in [6, 6.07) is 10.5. The van der Waals surface area contributed by atoms with E-state index in [0.717, 1.165) is 4.90 Å². The maximum absolute atomic E-state index is 13.3. The average molecular weight is 433 g/mol. The number of imide groups is 1. The zero-order valence-corrected chi connectivity index (χ0v) is 16.8. The van der Waals surface area contributed by atoms with Crippen LogP contribution in [0.15, 0.2) is 53.6 Å². The van der Waals surface area contributed by atoms with Gasteiger partial charge in [-0.1, -0.05) is 6.07 Å². The van der Waals surface area contributed by atoms with Crippen molar-refractivity contribution in [2.45, 2.75) is 29.1 Å². The molecule has 3 amide bonds. The third-order valence-electron chi connectivity index (χ3n) is 4.90. The lowest BCUT2D eigenvalue weighted by Crippen LogP contribution is -2.60. The van der Waals surface area contributed by atoms with Gasteiger partial charge in [0, 0.05) is 13.2 Å². The summed E-state index contributed by atoms with van der Waals surface area (Å²) in [4.78, 5) is 41.2. The molecule has 0 unspecified atom stereocenters. The number of likely N-dealkylation sites (tertiary alicyclic amines) is 1. The summed E-state index contributed by atoms with van der Waals surface area (Å²) in [7, 11) is -3.32. The minimum Gasteiger partial charge on any atom is -0.487 e. The van der Waals surface area contributed by atoms with Crippen molar-refractivity contribution in [2.24, 2.45) is 0 Å². The Kier molecular flexibility index (Phi) is 5.85. The number of hydroxylamine groups is 1. The summed E-state index contributed by atoms with van der Waals surface area (Å²) in [6.07, 6.45) is 0.0635. The van der Waals surface area contributed by atoms with Crippen LogP contribution in [0.5, 0.6) is 5.75 Å². The molecule has 2 heterocycles. The van der Waals surface area contributed by atoms with Crippen LogP contribution in [-0.4, -0.2) is 53.0 Å². The fourth-order valence-corrected chi connectivity index (χ4v) is 4.95. The molecule has 0 aliphatic carbocycles. The van der Waals surface area contributed by atoms with Crippen molar-refractivity contribution in [1.29, 1.82) is 0 Å². The monoisotopic (exact) mass is 433 g/mol. The highest BCUT2D eigenvalue weighted by Crippen LogP contribution is 2.37. The van der Waals surface area contributed by atoms with Crippen LogP contribution in [0.1, 0.15) is 18.5 Å². The number of rotatable bonds is 6. The lowest BCUT2D eigenvalue weighted by Gasteiger charge is -2.36. The van der Waals surface area contributed by atoms with Crippen molar-refractivity contribution in [1.82, 2.24) is 15.4 Å². The summed E-state index contributed by atoms with van der Waals surface area (Å²) >= 11 is 0. The van der Waals surface area contributed by atoms with Gasteiger partial charge in [0.05, 0.1) is 23.4 Å². The number of pyridine rings is 1. The highest BCUT2D eigenvalue weighted by Gasteiger charge is 2.57. The van der Waals surface area contributed by atoms with Gasteiger partial charge in [-0.05, 0) is 36.4 Å². The Morgan fingerprint density at radius 3 is 2.33 bits per heavy atom. The largest absolute Gasteiger partial charge is 0.487 e. The van der Waals surface area contributed by atoms with E-state index in [1.54, 1.807) is 24.4 Å². The predicted molar refractivity (Wildman–Crippen MR) is 102 cm³/mol. The van der Waals surface area contributed by atoms with Gasteiger partial charge in [0.15, 0.2) is 14.6 Å². The molecule has 0 radical (unpaired) electrons. The molecular formula is C19H19N3O7S. The molecule has 10 nitrogen and oxygen atoms in total. The molecule has 11 heteroatoms. The van der Waals surface area contributed by atoms with Crippen molar-refractivity contribution >= 4 is 27.6 Å². The number of nitrogens with one attached hydrogen (secondary N) is 1. The topological polar surface area (TPSA) is 143 Å². The molecule has 1 aromatic heterocycles. The van der Waals surface area contributed by atoms with Crippen LogP contribution in [0, 0.1) is 0 Å². The summed E-state index contributed by atoms with van der Waals surface area (Å²) in [5.74, 6) is -2.66. The van der Waals surface area contributed by atoms with E-state index < -0.39 is 45.1 Å². The van der Waals surface area contributed by atoms with Crippen LogP contribution in [0.2, 0.25) is 0 Å². The van der Waals surface area contributed by atoms with Gasteiger partial charge in [-0.15, -0.1) is 0 Å². The highest BCUT2D eigenvalue weighted by molar-refractivity contribution is 7.93. The number of aromatic nitrogens is 1. The van der Waals surface area contributed by atoms with Crippen LogP contribution < -0.4 is 10.2 Å². The molecule has 0 bridgehead atoms. The number of nitrogens with zero attached hydrogens (tertiary/aromatic N) is 2. The van der Waals surface area contributed by atoms with E-state index in [9.17, 15) is 22.8 Å². The van der Waals surface area contributed by atoms with Gasteiger partial charge in [0.25, 0.3) is 5.91 Å². The first-order chi connectivity index (χ1) is 14.2. The van der Waals surface area contributed by atoms with E-state index >= 15 is 0 Å². The van der Waals surface area contributed by atoms with Gasteiger partial charge in [-0.2, -0.15) is 0 Å². The molecule has 1 aromatic carbocycles. The lowest BCUT2D eigenvalue weighted by atomic mass is 9.94. The summed E-state index contributed by atoms with van der Waals surface area (Å²) in [5.41, 5.74) is 1.96. The number of sulfone groups is 1. The molecule has 1 aliphatic rings. The Labute approximate surface area is 172 Å². The molecule has 1 aliphatic heterocycles. The standard InChI is InChI=1S/C19H19N3O7S/c1-22-16(23)10-19(11-17(22)24,18(25)21-26)30(27,28)15-7-5-14(6-8-15)29-12-13-4-2-3-9-20-13/h2-9,26H,10-12H2,1H3,(H,21,25). The number of benzene rings is 1. The summed E-state index contributed by atoms with van der Waals surface area (Å²) < 4.78 is 29.6. The van der Waals surface area contributed by atoms with Gasteiger partial charge < -0.3 is 4.74 Å². The number of carbonyl (C=O) groups is 3. The van der Waals surface area contributed by atoms with Gasteiger partial charge >= 0.3 is 0 Å². The van der Waals surface area contributed by atoms with E-state index in [1.807, 2.05) is 0 Å². The van der Waals surface area contributed by atoms with Crippen molar-refractivity contribution in [2.75, 3.05) is 7.05 Å². The van der Waals surface area contributed by atoms with Gasteiger partial charge in [0.2, 0.25) is 11.8 Å². The number of hydrogen-bond acceptors (Lipinski definition) is 8. The van der Waals surface area contributed by atoms with E-state index in [0.29, 0.717) is 11.4 Å². The summed E-state index contributed by atoms with van der Waals surface area (Å²) in [6.45, 7) is 0.166. The van der Waals surface area contributed by atoms with E-state index in [2.05, 4.69) is 4.98 Å². The molecule has 3 rings (SSSR count). The average Bonchev–Trinajstić information content (AvgIpc) is 2.76. The van der Waals surface area contributed by atoms with Gasteiger partial charge in [-0.25, -0.2) is 13.9 Å². The Bertz CT molecular complexity index is 1050. The molecule has 0 spiro atoms. The molecule has 0 saturated carbocycles. The van der Waals surface area contributed by atoms with E-state index in [-0.39, 0.29) is 11.5 Å². The maximum atomic E-state index is 13.3. The number of piperidine rings is 1. The van der Waals surface area contributed by atoms with Crippen molar-refractivity contribution in [3.63, 3.8) is 0 Å². The number of hydrogen-bond donors (Lipinski definition) is 2. The van der Waals surface area contributed by atoms with Crippen molar-refractivity contribution in [3.8, 4) is 5.75 Å². The minimum atomic E-state index is -4.52. The molecule has 2 N–H and O–H groups in total. The van der Waals surface area contributed by atoms with Crippen LogP contribution in [0.25, 0.3) is 0 Å². The zero-order chi connectivity index (χ0) is 21.9. The number of amides is 3. The second kappa shape index (κ2) is 8.20. The minimum absolute atomic E-state index is 0.166. The maximum Gasteiger partial charge on any atom is 0.266 e. The van der Waals surface area contributed by atoms with Crippen LogP contribution >= 0.6 is 0 Å². The Hall–Kier alpha value is -3.31. The van der Waals surface area contributed by atoms with Crippen molar-refractivity contribution in [3.05, 3.63) is 54.4 Å². The second-order valence-electron chi connectivity index (χ2n) is 6.72. The van der Waals surface area contributed by atoms with Gasteiger partial charge in [0.1, 0.15) is 12.4 Å². The van der Waals surface area contributed by atoms with Crippen LogP contribution in [0.3, 0.4) is 0 Å². The van der Waals surface area contributed by atoms with Crippen molar-refractivity contribution < 1.29 is 32.7 Å². The smallest absolute Gasteiger partial charge is 0.266 e. The Morgan fingerprint density at radius 1 is 1.17 bits per heavy atom. The molecule has 2 aromatic rings. The molecule has 1 fully saturated rings. The first-order valence-corrected chi connectivity index (χ1v) is 10.3. The fourth-order valence-electron chi connectivity index (χ4n) is 3.08. The number of carbonyl (C=O) groups excluding carboxylic acids is 3. The molecule has 30 heavy (non-hydrogen) atoms. The summed E-state index contributed by atoms with van der Waals surface area (Å²) in [5, 5.41) is 9.10. The van der Waals surface area contributed by atoms with Crippen LogP contribution in [-0.2, 0) is 30.8 Å². The number of ether oxygens (including phenoxy) is 1. The Morgan fingerprint density at radius 2 is 1.80 bits per heavy atom. The normalized spacial score (nSPS) is 16.3. The third-order valence-corrected chi connectivity index (χ3v) is 7.29. The SMILES string of the molecule is CN1C(=O)CC(C(=O)NO)(S(=O)(=O)c2ccc(OCc3ccccn3)cc2)CC1=O. The first-order valence-electron chi connectivity index (χ1n) is 8.82. The Balaban J connectivity index is 1.89. The lowest BCUT2D eigenvalue weighted by molar-refractivity contribution is -0.151. The van der Waals surface area contributed by atoms with E-state index in [1.165, 1.54) is 36.8 Å².